The molecule has 0 unspecified atom stereocenters. The lowest BCUT2D eigenvalue weighted by Gasteiger charge is -2.26. The van der Waals surface area contributed by atoms with E-state index < -0.39 is 0 Å². The quantitative estimate of drug-likeness (QED) is 0.608. The van der Waals surface area contributed by atoms with E-state index in [9.17, 15) is 4.39 Å². The van der Waals surface area contributed by atoms with Crippen LogP contribution in [0.2, 0.25) is 0 Å². The number of hydrogen-bond acceptors (Lipinski definition) is 2. The molecule has 2 nitrogen and oxygen atoms in total. The Labute approximate surface area is 131 Å². The van der Waals surface area contributed by atoms with Gasteiger partial charge < -0.3 is 4.74 Å². The number of ether oxygens (including phenoxy) is 1. The van der Waals surface area contributed by atoms with E-state index in [0.717, 1.165) is 19.6 Å². The molecule has 0 amide bonds. The first-order chi connectivity index (χ1) is 10.3. The van der Waals surface area contributed by atoms with Crippen LogP contribution in [0.5, 0.6) is 5.75 Å². The van der Waals surface area contributed by atoms with Crippen LogP contribution >= 0.6 is 11.6 Å². The zero-order valence-corrected chi connectivity index (χ0v) is 13.0. The van der Waals surface area contributed by atoms with Gasteiger partial charge in [0.1, 0.15) is 18.2 Å². The Balaban J connectivity index is 1.86. The van der Waals surface area contributed by atoms with Crippen molar-refractivity contribution in [3.05, 3.63) is 29.6 Å². The Kier molecular flexibility index (Phi) is 6.85. The number of rotatable bonds is 5. The van der Waals surface area contributed by atoms with Crippen LogP contribution in [-0.2, 0) is 0 Å². The van der Waals surface area contributed by atoms with Crippen LogP contribution in [0.25, 0.3) is 0 Å². The highest BCUT2D eigenvalue weighted by Crippen LogP contribution is 2.16. The first-order valence-electron chi connectivity index (χ1n) is 7.48. The Morgan fingerprint density at radius 2 is 2.00 bits per heavy atom. The topological polar surface area (TPSA) is 12.5 Å². The van der Waals surface area contributed by atoms with Crippen LogP contribution in [0.15, 0.2) is 18.2 Å². The molecule has 114 valence electrons. The van der Waals surface area contributed by atoms with Gasteiger partial charge in [-0.15, -0.1) is 11.6 Å². The van der Waals surface area contributed by atoms with Crippen molar-refractivity contribution in [2.24, 2.45) is 0 Å². The van der Waals surface area contributed by atoms with Crippen molar-refractivity contribution in [2.75, 3.05) is 32.1 Å². The highest BCUT2D eigenvalue weighted by atomic mass is 35.5. The third-order valence-electron chi connectivity index (χ3n) is 3.45. The summed E-state index contributed by atoms with van der Waals surface area (Å²) in [6.45, 7) is 3.76. The molecule has 0 atom stereocenters. The second kappa shape index (κ2) is 8.92. The smallest absolute Gasteiger partial charge is 0.128 e. The second-order valence-corrected chi connectivity index (χ2v) is 5.55. The monoisotopic (exact) mass is 309 g/mol. The number of piperidine rings is 1. The van der Waals surface area contributed by atoms with Crippen molar-refractivity contribution in [3.8, 4) is 17.6 Å². The summed E-state index contributed by atoms with van der Waals surface area (Å²) in [7, 11) is 0. The first kappa shape index (κ1) is 16.1. The van der Waals surface area contributed by atoms with Crippen LogP contribution < -0.4 is 4.74 Å². The highest BCUT2D eigenvalue weighted by Gasteiger charge is 2.09. The zero-order valence-electron chi connectivity index (χ0n) is 12.2. The van der Waals surface area contributed by atoms with Gasteiger partial charge in [0.05, 0.1) is 0 Å². The minimum Gasteiger partial charge on any atom is -0.492 e. The normalized spacial score (nSPS) is 15.3. The molecule has 0 N–H and O–H groups in total. The molecule has 4 heteroatoms. The number of benzene rings is 1. The van der Waals surface area contributed by atoms with Gasteiger partial charge in [0.25, 0.3) is 0 Å². The van der Waals surface area contributed by atoms with Crippen molar-refractivity contribution in [2.45, 2.75) is 25.7 Å². The molecule has 1 aliphatic heterocycles. The van der Waals surface area contributed by atoms with E-state index >= 15 is 0 Å². The van der Waals surface area contributed by atoms with Gasteiger partial charge in [-0.2, -0.15) is 0 Å². The molecule has 21 heavy (non-hydrogen) atoms. The highest BCUT2D eigenvalue weighted by molar-refractivity contribution is 6.18. The third kappa shape index (κ3) is 5.95. The van der Waals surface area contributed by atoms with E-state index in [1.54, 1.807) is 6.07 Å². The third-order valence-corrected chi connectivity index (χ3v) is 3.64. The molecule has 1 saturated heterocycles. The van der Waals surface area contributed by atoms with Gasteiger partial charge in [-0.25, -0.2) is 4.39 Å². The van der Waals surface area contributed by atoms with Gasteiger partial charge in [0.2, 0.25) is 0 Å². The van der Waals surface area contributed by atoms with Crippen molar-refractivity contribution >= 4 is 11.6 Å². The molecular formula is C17H21ClFNO. The van der Waals surface area contributed by atoms with E-state index in [1.165, 1.54) is 31.4 Å². The van der Waals surface area contributed by atoms with Crippen molar-refractivity contribution in [1.82, 2.24) is 4.90 Å². The maximum absolute atomic E-state index is 13.5. The fourth-order valence-corrected chi connectivity index (χ4v) is 2.50. The molecule has 2 rings (SSSR count). The first-order valence-corrected chi connectivity index (χ1v) is 8.02. The van der Waals surface area contributed by atoms with Gasteiger partial charge in [-0.05, 0) is 38.1 Å². The lowest BCUT2D eigenvalue weighted by atomic mass is 10.1. The summed E-state index contributed by atoms with van der Waals surface area (Å²) in [4.78, 5) is 2.39. The van der Waals surface area contributed by atoms with Gasteiger partial charge >= 0.3 is 0 Å². The maximum atomic E-state index is 13.5. The molecule has 0 spiro atoms. The molecule has 0 bridgehead atoms. The predicted molar refractivity (Wildman–Crippen MR) is 84.4 cm³/mol. The summed E-state index contributed by atoms with van der Waals surface area (Å²) in [5.41, 5.74) is 0.632. The Morgan fingerprint density at radius 3 is 2.76 bits per heavy atom. The molecular weight excluding hydrogens is 289 g/mol. The second-order valence-electron chi connectivity index (χ2n) is 5.17. The molecule has 0 aliphatic carbocycles. The molecule has 1 aromatic rings. The minimum absolute atomic E-state index is 0.319. The lowest BCUT2D eigenvalue weighted by Crippen LogP contribution is -2.33. The fraction of sp³-hybridized carbons (Fsp3) is 0.529. The van der Waals surface area contributed by atoms with Gasteiger partial charge in [-0.1, -0.05) is 18.3 Å². The standard InChI is InChI=1S/C17H21ClFNO/c18-7-3-2-6-15-12-16(19)14-17(13-15)21-11-10-20-8-4-1-5-9-20/h12-14H,1,3-5,7-11H2. The predicted octanol–water partition coefficient (Wildman–Crippen LogP) is 3.67. The summed E-state index contributed by atoms with van der Waals surface area (Å²) < 4.78 is 19.2. The van der Waals surface area contributed by atoms with E-state index in [4.69, 9.17) is 16.3 Å². The lowest BCUT2D eigenvalue weighted by molar-refractivity contribution is 0.183. The molecule has 0 saturated carbocycles. The average Bonchev–Trinajstić information content (AvgIpc) is 2.48. The van der Waals surface area contributed by atoms with Crippen molar-refractivity contribution in [1.29, 1.82) is 0 Å². The molecule has 1 aliphatic rings. The van der Waals surface area contributed by atoms with Gasteiger partial charge in [0.15, 0.2) is 0 Å². The van der Waals surface area contributed by atoms with E-state index in [2.05, 4.69) is 16.7 Å². The van der Waals surface area contributed by atoms with Crippen molar-refractivity contribution in [3.63, 3.8) is 0 Å². The molecule has 0 radical (unpaired) electrons. The van der Waals surface area contributed by atoms with Crippen LogP contribution in [0, 0.1) is 17.7 Å². The van der Waals surface area contributed by atoms with Gasteiger partial charge in [0, 0.05) is 30.5 Å². The molecule has 0 aromatic heterocycles. The maximum Gasteiger partial charge on any atom is 0.128 e. The number of likely N-dealkylation sites (tertiary alicyclic amines) is 1. The SMILES string of the molecule is Fc1cc(C#CCCCl)cc(OCCN2CCCCC2)c1. The fourth-order valence-electron chi connectivity index (χ4n) is 2.41. The Bertz CT molecular complexity index is 503. The molecule has 1 aromatic carbocycles. The summed E-state index contributed by atoms with van der Waals surface area (Å²) in [5, 5.41) is 0. The van der Waals surface area contributed by atoms with Crippen LogP contribution in [0.3, 0.4) is 0 Å². The number of halogens is 2. The molecule has 1 heterocycles. The summed E-state index contributed by atoms with van der Waals surface area (Å²) in [6, 6.07) is 4.60. The number of nitrogens with zero attached hydrogens (tertiary/aromatic N) is 1. The van der Waals surface area contributed by atoms with E-state index in [0.29, 0.717) is 30.2 Å². The van der Waals surface area contributed by atoms with E-state index in [1.807, 2.05) is 0 Å². The van der Waals surface area contributed by atoms with E-state index in [-0.39, 0.29) is 5.82 Å². The number of hydrogen-bond donors (Lipinski definition) is 0. The van der Waals surface area contributed by atoms with Crippen molar-refractivity contribution < 1.29 is 9.13 Å². The minimum atomic E-state index is -0.319. The zero-order chi connectivity index (χ0) is 14.9. The Hall–Kier alpha value is -1.24. The number of alkyl halides is 1. The largest absolute Gasteiger partial charge is 0.492 e. The molecule has 1 fully saturated rings. The summed E-state index contributed by atoms with van der Waals surface area (Å²) in [6.07, 6.45) is 4.45. The van der Waals surface area contributed by atoms with Crippen LogP contribution in [0.1, 0.15) is 31.2 Å². The average molecular weight is 310 g/mol. The van der Waals surface area contributed by atoms with Crippen LogP contribution in [-0.4, -0.2) is 37.0 Å². The Morgan fingerprint density at radius 1 is 1.19 bits per heavy atom. The van der Waals surface area contributed by atoms with Gasteiger partial charge in [-0.3, -0.25) is 4.90 Å². The van der Waals surface area contributed by atoms with Crippen LogP contribution in [0.4, 0.5) is 4.39 Å². The summed E-state index contributed by atoms with van der Waals surface area (Å²) in [5.74, 6) is 6.52. The summed E-state index contributed by atoms with van der Waals surface area (Å²) >= 11 is 5.57.